The summed E-state index contributed by atoms with van der Waals surface area (Å²) in [5.74, 6) is 0.324. The average molecular weight is 329 g/mol. The van der Waals surface area contributed by atoms with Crippen molar-refractivity contribution < 1.29 is 9.53 Å². The highest BCUT2D eigenvalue weighted by molar-refractivity contribution is 6.31. The van der Waals surface area contributed by atoms with Gasteiger partial charge in [-0.3, -0.25) is 4.79 Å². The Kier molecular flexibility index (Phi) is 4.53. The van der Waals surface area contributed by atoms with Crippen LogP contribution in [-0.4, -0.2) is 24.5 Å². The molecule has 1 heterocycles. The molecule has 0 saturated carbocycles. The number of aromatic nitrogens is 1. The van der Waals surface area contributed by atoms with Gasteiger partial charge in [-0.1, -0.05) is 23.7 Å². The van der Waals surface area contributed by atoms with Crippen molar-refractivity contribution >= 4 is 28.4 Å². The summed E-state index contributed by atoms with van der Waals surface area (Å²) in [6, 6.07) is 13.3. The van der Waals surface area contributed by atoms with Crippen LogP contribution in [0.2, 0.25) is 5.02 Å². The van der Waals surface area contributed by atoms with Gasteiger partial charge in [-0.2, -0.15) is 0 Å². The Hall–Kier alpha value is -2.46. The maximum atomic E-state index is 12.3. The molecular weight excluding hydrogens is 312 g/mol. The Labute approximate surface area is 139 Å². The van der Waals surface area contributed by atoms with E-state index in [1.165, 1.54) is 18.1 Å². The van der Waals surface area contributed by atoms with Gasteiger partial charge in [0.2, 0.25) is 0 Å². The lowest BCUT2D eigenvalue weighted by Gasteiger charge is -2.10. The fourth-order valence-electron chi connectivity index (χ4n) is 2.52. The number of fused-ring (bicyclic) bond motifs is 1. The van der Waals surface area contributed by atoms with Gasteiger partial charge < -0.3 is 15.0 Å². The zero-order chi connectivity index (χ0) is 16.2. The number of ether oxygens (including phenoxy) is 1. The fourth-order valence-corrected chi connectivity index (χ4v) is 2.70. The third-order valence-corrected chi connectivity index (χ3v) is 3.96. The number of aromatic amines is 1. The fraction of sp³-hybridized carbons (Fsp3) is 0.167. The number of methoxy groups -OCH3 is 1. The monoisotopic (exact) mass is 328 g/mol. The molecule has 3 aromatic rings. The van der Waals surface area contributed by atoms with E-state index < -0.39 is 0 Å². The number of hydrogen-bond acceptors (Lipinski definition) is 2. The Bertz CT molecular complexity index is 842. The molecule has 23 heavy (non-hydrogen) atoms. The molecule has 0 atom stereocenters. The van der Waals surface area contributed by atoms with Gasteiger partial charge in [-0.15, -0.1) is 0 Å². The number of amides is 1. The molecule has 4 nitrogen and oxygen atoms in total. The van der Waals surface area contributed by atoms with Gasteiger partial charge in [0.15, 0.2) is 0 Å². The number of carbonyl (C=O) groups excluding carboxylic acids is 1. The summed E-state index contributed by atoms with van der Waals surface area (Å²) in [5, 5.41) is 4.59. The number of benzene rings is 2. The summed E-state index contributed by atoms with van der Waals surface area (Å²) in [5.41, 5.74) is 2.71. The van der Waals surface area contributed by atoms with Gasteiger partial charge in [-0.25, -0.2) is 0 Å². The molecule has 0 aliphatic rings. The third kappa shape index (κ3) is 3.48. The van der Waals surface area contributed by atoms with Crippen LogP contribution in [0.4, 0.5) is 0 Å². The average Bonchev–Trinajstić information content (AvgIpc) is 3.02. The van der Waals surface area contributed by atoms with Crippen molar-refractivity contribution in [3.05, 3.63) is 64.8 Å². The van der Waals surface area contributed by atoms with E-state index in [1.54, 1.807) is 18.2 Å². The first-order valence-corrected chi connectivity index (χ1v) is 7.73. The van der Waals surface area contributed by atoms with Crippen molar-refractivity contribution in [1.82, 2.24) is 10.3 Å². The molecule has 0 bridgehead atoms. The molecule has 0 unspecified atom stereocenters. The van der Waals surface area contributed by atoms with Gasteiger partial charge in [0.1, 0.15) is 5.75 Å². The first kappa shape index (κ1) is 15.4. The van der Waals surface area contributed by atoms with Crippen LogP contribution in [0.25, 0.3) is 10.9 Å². The largest absolute Gasteiger partial charge is 0.496 e. The normalized spacial score (nSPS) is 10.7. The molecule has 0 saturated heterocycles. The van der Waals surface area contributed by atoms with E-state index in [1.807, 2.05) is 12.3 Å². The van der Waals surface area contributed by atoms with E-state index in [0.29, 0.717) is 22.9 Å². The van der Waals surface area contributed by atoms with E-state index in [4.69, 9.17) is 16.3 Å². The topological polar surface area (TPSA) is 54.1 Å². The van der Waals surface area contributed by atoms with Gasteiger partial charge in [-0.05, 0) is 47.7 Å². The van der Waals surface area contributed by atoms with Crippen molar-refractivity contribution in [1.29, 1.82) is 0 Å². The SMILES string of the molecule is COc1ccc(Cl)cc1C(=O)NCCc1ccc2cc[nH]c2c1. The van der Waals surface area contributed by atoms with E-state index in [9.17, 15) is 4.79 Å². The summed E-state index contributed by atoms with van der Waals surface area (Å²) in [4.78, 5) is 15.5. The minimum atomic E-state index is -0.190. The van der Waals surface area contributed by atoms with E-state index in [-0.39, 0.29) is 5.91 Å². The van der Waals surface area contributed by atoms with Crippen LogP contribution in [0.15, 0.2) is 48.7 Å². The standard InChI is InChI=1S/C18H17ClN2O2/c1-23-17-5-4-14(19)11-15(17)18(22)21-8-6-12-2-3-13-7-9-20-16(13)10-12/h2-5,7,9-11,20H,6,8H2,1H3,(H,21,22). The highest BCUT2D eigenvalue weighted by Gasteiger charge is 2.12. The quantitative estimate of drug-likeness (QED) is 0.748. The molecule has 0 radical (unpaired) electrons. The molecule has 3 rings (SSSR count). The molecule has 0 spiro atoms. The van der Waals surface area contributed by atoms with E-state index in [2.05, 4.69) is 28.5 Å². The second-order valence-corrected chi connectivity index (χ2v) is 5.69. The maximum Gasteiger partial charge on any atom is 0.255 e. The summed E-state index contributed by atoms with van der Waals surface area (Å²) in [7, 11) is 1.53. The third-order valence-electron chi connectivity index (χ3n) is 3.72. The molecule has 0 fully saturated rings. The van der Waals surface area contributed by atoms with Gasteiger partial charge in [0.25, 0.3) is 5.91 Å². The summed E-state index contributed by atoms with van der Waals surface area (Å²) in [6.07, 6.45) is 2.67. The predicted molar refractivity (Wildman–Crippen MR) is 92.3 cm³/mol. The number of carbonyl (C=O) groups is 1. The van der Waals surface area contributed by atoms with Crippen molar-refractivity contribution in [2.75, 3.05) is 13.7 Å². The van der Waals surface area contributed by atoms with Crippen LogP contribution >= 0.6 is 11.6 Å². The smallest absolute Gasteiger partial charge is 0.255 e. The number of rotatable bonds is 5. The van der Waals surface area contributed by atoms with Crippen molar-refractivity contribution in [3.8, 4) is 5.75 Å². The number of nitrogens with one attached hydrogen (secondary N) is 2. The van der Waals surface area contributed by atoms with Crippen molar-refractivity contribution in [3.63, 3.8) is 0 Å². The number of halogens is 1. The number of H-pyrrole nitrogens is 1. The molecule has 118 valence electrons. The zero-order valence-electron chi connectivity index (χ0n) is 12.7. The molecule has 0 aliphatic heterocycles. The van der Waals surface area contributed by atoms with Crippen LogP contribution < -0.4 is 10.1 Å². The van der Waals surface area contributed by atoms with Gasteiger partial charge >= 0.3 is 0 Å². The molecular formula is C18H17ClN2O2. The molecule has 2 N–H and O–H groups in total. The lowest BCUT2D eigenvalue weighted by Crippen LogP contribution is -2.26. The van der Waals surface area contributed by atoms with Crippen molar-refractivity contribution in [2.45, 2.75) is 6.42 Å². The first-order valence-electron chi connectivity index (χ1n) is 7.35. The summed E-state index contributed by atoms with van der Waals surface area (Å²) >= 11 is 5.95. The molecule has 2 aromatic carbocycles. The summed E-state index contributed by atoms with van der Waals surface area (Å²) < 4.78 is 5.20. The maximum absolute atomic E-state index is 12.3. The van der Waals surface area contributed by atoms with Crippen LogP contribution in [0.5, 0.6) is 5.75 Å². The molecule has 0 aliphatic carbocycles. The Morgan fingerprint density at radius 3 is 2.91 bits per heavy atom. The van der Waals surface area contributed by atoms with Crippen molar-refractivity contribution in [2.24, 2.45) is 0 Å². The van der Waals surface area contributed by atoms with Crippen LogP contribution in [0.1, 0.15) is 15.9 Å². The number of hydrogen-bond donors (Lipinski definition) is 2. The molecule has 5 heteroatoms. The molecule has 1 amide bonds. The van der Waals surface area contributed by atoms with E-state index in [0.717, 1.165) is 11.9 Å². The van der Waals surface area contributed by atoms with Crippen LogP contribution in [-0.2, 0) is 6.42 Å². The lowest BCUT2D eigenvalue weighted by atomic mass is 10.1. The summed E-state index contributed by atoms with van der Waals surface area (Å²) in [6.45, 7) is 0.542. The highest BCUT2D eigenvalue weighted by Crippen LogP contribution is 2.22. The van der Waals surface area contributed by atoms with Crippen LogP contribution in [0.3, 0.4) is 0 Å². The zero-order valence-corrected chi connectivity index (χ0v) is 13.5. The minimum Gasteiger partial charge on any atom is -0.496 e. The van der Waals surface area contributed by atoms with Gasteiger partial charge in [0, 0.05) is 23.3 Å². The predicted octanol–water partition coefficient (Wildman–Crippen LogP) is 3.80. The minimum absolute atomic E-state index is 0.190. The first-order chi connectivity index (χ1) is 11.2. The Balaban J connectivity index is 1.64. The van der Waals surface area contributed by atoms with E-state index >= 15 is 0 Å². The molecule has 1 aromatic heterocycles. The highest BCUT2D eigenvalue weighted by atomic mass is 35.5. The second kappa shape index (κ2) is 6.75. The van der Waals surface area contributed by atoms with Crippen LogP contribution in [0, 0.1) is 0 Å². The Morgan fingerprint density at radius 2 is 2.09 bits per heavy atom. The second-order valence-electron chi connectivity index (χ2n) is 5.25. The lowest BCUT2D eigenvalue weighted by molar-refractivity contribution is 0.0951. The van der Waals surface area contributed by atoms with Gasteiger partial charge in [0.05, 0.1) is 12.7 Å². The Morgan fingerprint density at radius 1 is 1.22 bits per heavy atom.